The molecule has 0 N–H and O–H groups in total. The van der Waals surface area contributed by atoms with E-state index in [-0.39, 0.29) is 4.83 Å². The summed E-state index contributed by atoms with van der Waals surface area (Å²) < 4.78 is 3.46. The largest absolute Gasteiger partial charge is 0.131 e. The van der Waals surface area contributed by atoms with E-state index < -0.39 is 0 Å². The van der Waals surface area contributed by atoms with E-state index in [9.17, 15) is 0 Å². The van der Waals surface area contributed by atoms with Crippen LogP contribution in [-0.4, -0.2) is 0 Å². The minimum Gasteiger partial charge on any atom is -0.131 e. The summed E-state index contributed by atoms with van der Waals surface area (Å²) in [5.74, 6) is 0. The van der Waals surface area contributed by atoms with Gasteiger partial charge in [0.25, 0.3) is 0 Å². The highest BCUT2D eigenvalue weighted by Gasteiger charge is 2.17. The minimum absolute atomic E-state index is 0.273. The normalized spacial score (nSPS) is 13.1. The summed E-state index contributed by atoms with van der Waals surface area (Å²) in [7, 11) is 0. The Labute approximate surface area is 136 Å². The molecule has 0 radical (unpaired) electrons. The molecule has 0 spiro atoms. The van der Waals surface area contributed by atoms with Gasteiger partial charge in [0.15, 0.2) is 0 Å². The van der Waals surface area contributed by atoms with E-state index in [1.54, 1.807) is 22.7 Å². The van der Waals surface area contributed by atoms with Gasteiger partial charge in [0, 0.05) is 14.2 Å². The quantitative estimate of drug-likeness (QED) is 0.387. The second kappa shape index (κ2) is 5.53. The van der Waals surface area contributed by atoms with Gasteiger partial charge < -0.3 is 0 Å². The van der Waals surface area contributed by atoms with Gasteiger partial charge >= 0.3 is 0 Å². The van der Waals surface area contributed by atoms with Crippen LogP contribution in [0.4, 0.5) is 0 Å². The molecule has 6 heteroatoms. The molecule has 2 heterocycles. The first kappa shape index (κ1) is 13.7. The predicted octanol–water partition coefficient (Wildman–Crippen LogP) is 6.89. The van der Waals surface area contributed by atoms with Crippen molar-refractivity contribution in [3.63, 3.8) is 0 Å². The summed E-state index contributed by atoms with van der Waals surface area (Å²) in [4.78, 5) is 2.90. The van der Waals surface area contributed by atoms with Crippen LogP contribution in [0, 0.1) is 6.92 Å². The number of thiophene rings is 2. The topological polar surface area (TPSA) is 0 Å². The number of alkyl halides is 1. The summed E-state index contributed by atoms with van der Waals surface area (Å²) >= 11 is 17.9. The maximum absolute atomic E-state index is 3.75. The van der Waals surface area contributed by atoms with E-state index in [1.807, 2.05) is 0 Å². The molecule has 86 valence electrons. The molecular formula is C10H6Br4S2. The maximum atomic E-state index is 3.75. The lowest BCUT2D eigenvalue weighted by Gasteiger charge is -2.03. The molecule has 0 fully saturated rings. The van der Waals surface area contributed by atoms with Gasteiger partial charge in [-0.05, 0) is 72.4 Å². The molecule has 1 atom stereocenters. The van der Waals surface area contributed by atoms with Gasteiger partial charge in [-0.15, -0.1) is 22.7 Å². The smallest absolute Gasteiger partial charge is 0.0843 e. The van der Waals surface area contributed by atoms with Crippen molar-refractivity contribution in [1.29, 1.82) is 0 Å². The highest BCUT2D eigenvalue weighted by atomic mass is 79.9. The third kappa shape index (κ3) is 2.83. The fourth-order valence-corrected chi connectivity index (χ4v) is 5.79. The Morgan fingerprint density at radius 2 is 1.56 bits per heavy atom. The Kier molecular flexibility index (Phi) is 4.75. The molecule has 2 aromatic heterocycles. The number of halogens is 4. The molecule has 2 rings (SSSR count). The number of aryl methyl sites for hydroxylation is 1. The lowest BCUT2D eigenvalue weighted by molar-refractivity contribution is 1.27. The van der Waals surface area contributed by atoms with Gasteiger partial charge in [-0.1, -0.05) is 15.9 Å². The highest BCUT2D eigenvalue weighted by molar-refractivity contribution is 9.13. The van der Waals surface area contributed by atoms with Crippen LogP contribution in [0.1, 0.15) is 20.1 Å². The molecule has 0 bridgehead atoms. The lowest BCUT2D eigenvalue weighted by Crippen LogP contribution is -1.83. The van der Waals surface area contributed by atoms with E-state index in [4.69, 9.17) is 0 Å². The first-order chi connectivity index (χ1) is 7.49. The van der Waals surface area contributed by atoms with Crippen molar-refractivity contribution in [1.82, 2.24) is 0 Å². The van der Waals surface area contributed by atoms with E-state index in [0.29, 0.717) is 0 Å². The Hall–Kier alpha value is 1.32. The van der Waals surface area contributed by atoms with Crippen LogP contribution in [0.25, 0.3) is 0 Å². The van der Waals surface area contributed by atoms with E-state index in [1.165, 1.54) is 19.1 Å². The first-order valence-corrected chi connectivity index (χ1v) is 9.26. The van der Waals surface area contributed by atoms with E-state index in [0.717, 1.165) is 8.26 Å². The van der Waals surface area contributed by atoms with Crippen LogP contribution >= 0.6 is 86.4 Å². The Bertz CT molecular complexity index is 430. The van der Waals surface area contributed by atoms with Crippen LogP contribution in [0.5, 0.6) is 0 Å². The molecule has 0 saturated carbocycles. The third-order valence-electron chi connectivity index (χ3n) is 2.04. The SMILES string of the molecule is Cc1cc(C(Br)c2cc(Br)c(Br)s2)sc1Br. The molecule has 0 saturated heterocycles. The van der Waals surface area contributed by atoms with Crippen LogP contribution in [-0.2, 0) is 0 Å². The van der Waals surface area contributed by atoms with Crippen molar-refractivity contribution in [2.75, 3.05) is 0 Å². The van der Waals surface area contributed by atoms with Gasteiger partial charge in [0.05, 0.1) is 12.4 Å². The zero-order valence-electron chi connectivity index (χ0n) is 8.06. The van der Waals surface area contributed by atoms with Crippen LogP contribution in [0.3, 0.4) is 0 Å². The average molecular weight is 510 g/mol. The average Bonchev–Trinajstić information content (AvgIpc) is 2.72. The fourth-order valence-electron chi connectivity index (χ4n) is 1.24. The molecule has 2 aromatic rings. The first-order valence-electron chi connectivity index (χ1n) is 4.33. The summed E-state index contributed by atoms with van der Waals surface area (Å²) in [6, 6.07) is 4.37. The zero-order chi connectivity index (χ0) is 11.9. The molecule has 1 unspecified atom stereocenters. The monoisotopic (exact) mass is 506 g/mol. The molecule has 0 aromatic carbocycles. The number of hydrogen-bond donors (Lipinski definition) is 0. The van der Waals surface area contributed by atoms with E-state index in [2.05, 4.69) is 82.8 Å². The maximum Gasteiger partial charge on any atom is 0.0843 e. The summed E-state index contributed by atoms with van der Waals surface area (Å²) in [5, 5.41) is 0. The standard InChI is InChI=1S/C10H6Br4S2/c1-4-2-6(15-9(4)13)8(12)7-3-5(11)10(14)16-7/h2-3,8H,1H3. The Balaban J connectivity index is 2.34. The second-order valence-electron chi connectivity index (χ2n) is 3.24. The van der Waals surface area contributed by atoms with Crippen molar-refractivity contribution < 1.29 is 0 Å². The fraction of sp³-hybridized carbons (Fsp3) is 0.200. The molecule has 0 aliphatic heterocycles. The van der Waals surface area contributed by atoms with Gasteiger partial charge in [-0.3, -0.25) is 0 Å². The van der Waals surface area contributed by atoms with Crippen molar-refractivity contribution in [2.45, 2.75) is 11.8 Å². The molecule has 0 aliphatic rings. The summed E-state index contributed by atoms with van der Waals surface area (Å²) in [6.07, 6.45) is 0. The zero-order valence-corrected chi connectivity index (χ0v) is 16.0. The Morgan fingerprint density at radius 1 is 1.00 bits per heavy atom. The molecule has 0 nitrogen and oxygen atoms in total. The van der Waals surface area contributed by atoms with Crippen LogP contribution in [0.2, 0.25) is 0 Å². The van der Waals surface area contributed by atoms with Gasteiger partial charge in [-0.2, -0.15) is 0 Å². The summed E-state index contributed by atoms with van der Waals surface area (Å²) in [6.45, 7) is 2.12. The lowest BCUT2D eigenvalue weighted by atomic mass is 10.2. The second-order valence-corrected chi connectivity index (χ2v) is 9.81. The minimum atomic E-state index is 0.273. The molecular weight excluding hydrogens is 504 g/mol. The Morgan fingerprint density at radius 3 is 2.00 bits per heavy atom. The highest BCUT2D eigenvalue weighted by Crippen LogP contribution is 2.44. The van der Waals surface area contributed by atoms with Crippen molar-refractivity contribution in [2.24, 2.45) is 0 Å². The predicted molar refractivity (Wildman–Crippen MR) is 87.2 cm³/mol. The van der Waals surface area contributed by atoms with Gasteiger partial charge in [0.1, 0.15) is 0 Å². The summed E-state index contributed by atoms with van der Waals surface area (Å²) in [5.41, 5.74) is 1.29. The van der Waals surface area contributed by atoms with Crippen molar-refractivity contribution in [3.05, 3.63) is 39.5 Å². The van der Waals surface area contributed by atoms with Crippen LogP contribution in [0.15, 0.2) is 24.2 Å². The number of hydrogen-bond acceptors (Lipinski definition) is 2. The van der Waals surface area contributed by atoms with Crippen molar-refractivity contribution in [3.8, 4) is 0 Å². The molecule has 0 aliphatic carbocycles. The van der Waals surface area contributed by atoms with Gasteiger partial charge in [-0.25, -0.2) is 0 Å². The van der Waals surface area contributed by atoms with Gasteiger partial charge in [0.2, 0.25) is 0 Å². The molecule has 0 amide bonds. The van der Waals surface area contributed by atoms with Crippen LogP contribution < -0.4 is 0 Å². The third-order valence-corrected chi connectivity index (χ3v) is 9.16. The van der Waals surface area contributed by atoms with E-state index >= 15 is 0 Å². The number of rotatable bonds is 2. The van der Waals surface area contributed by atoms with Crippen molar-refractivity contribution >= 4 is 86.4 Å². The molecule has 16 heavy (non-hydrogen) atoms.